The average Bonchev–Trinajstić information content (AvgIpc) is 3.11. The van der Waals surface area contributed by atoms with E-state index in [0.717, 1.165) is 22.4 Å². The van der Waals surface area contributed by atoms with Gasteiger partial charge in [0.2, 0.25) is 5.91 Å². The zero-order valence-corrected chi connectivity index (χ0v) is 17.6. The lowest BCUT2D eigenvalue weighted by Crippen LogP contribution is -2.26. The molecule has 158 valence electrons. The van der Waals surface area contributed by atoms with Gasteiger partial charge in [-0.1, -0.05) is 42.5 Å². The number of amides is 2. The van der Waals surface area contributed by atoms with Gasteiger partial charge in [-0.05, 0) is 35.4 Å². The lowest BCUT2D eigenvalue weighted by molar-refractivity contribution is -0.117. The van der Waals surface area contributed by atoms with Crippen molar-refractivity contribution in [3.8, 4) is 11.5 Å². The van der Waals surface area contributed by atoms with Crippen molar-refractivity contribution in [2.45, 2.75) is 19.5 Å². The molecule has 0 unspecified atom stereocenters. The second-order valence-corrected chi connectivity index (χ2v) is 7.32. The highest BCUT2D eigenvalue weighted by Crippen LogP contribution is 2.32. The summed E-state index contributed by atoms with van der Waals surface area (Å²) in [5, 5.41) is 2.92. The molecule has 0 saturated heterocycles. The molecule has 0 atom stereocenters. The first-order valence-electron chi connectivity index (χ1n) is 10.1. The van der Waals surface area contributed by atoms with E-state index in [4.69, 9.17) is 9.47 Å². The quantitative estimate of drug-likeness (QED) is 0.637. The second-order valence-electron chi connectivity index (χ2n) is 7.32. The molecular weight excluding hydrogens is 392 g/mol. The van der Waals surface area contributed by atoms with Crippen molar-refractivity contribution in [2.24, 2.45) is 0 Å². The molecule has 1 heterocycles. The van der Waals surface area contributed by atoms with Gasteiger partial charge in [-0.25, -0.2) is 0 Å². The van der Waals surface area contributed by atoms with Crippen molar-refractivity contribution >= 4 is 17.5 Å². The van der Waals surface area contributed by atoms with E-state index in [0.29, 0.717) is 36.6 Å². The summed E-state index contributed by atoms with van der Waals surface area (Å²) in [5.74, 6) is 1.05. The summed E-state index contributed by atoms with van der Waals surface area (Å²) in [6.45, 7) is 0.823. The van der Waals surface area contributed by atoms with Gasteiger partial charge in [0.05, 0.1) is 27.2 Å². The van der Waals surface area contributed by atoms with Crippen LogP contribution in [0.5, 0.6) is 11.5 Å². The lowest BCUT2D eigenvalue weighted by Gasteiger charge is -2.18. The van der Waals surface area contributed by atoms with Crippen LogP contribution in [0.15, 0.2) is 66.7 Å². The average molecular weight is 416 g/mol. The van der Waals surface area contributed by atoms with Crippen LogP contribution in [-0.2, 0) is 24.3 Å². The minimum atomic E-state index is -0.207. The third-order valence-corrected chi connectivity index (χ3v) is 5.38. The summed E-state index contributed by atoms with van der Waals surface area (Å²) in [6, 6.07) is 20.8. The smallest absolute Gasteiger partial charge is 0.251 e. The first-order valence-corrected chi connectivity index (χ1v) is 10.1. The largest absolute Gasteiger partial charge is 0.493 e. The summed E-state index contributed by atoms with van der Waals surface area (Å²) < 4.78 is 10.7. The Morgan fingerprint density at radius 2 is 1.81 bits per heavy atom. The molecule has 31 heavy (non-hydrogen) atoms. The van der Waals surface area contributed by atoms with E-state index in [1.165, 1.54) is 0 Å². The molecule has 2 amide bonds. The number of methoxy groups -OCH3 is 2. The van der Waals surface area contributed by atoms with E-state index in [1.807, 2.05) is 54.6 Å². The molecule has 0 bridgehead atoms. The maximum absolute atomic E-state index is 12.7. The first kappa shape index (κ1) is 20.5. The van der Waals surface area contributed by atoms with Gasteiger partial charge < -0.3 is 19.7 Å². The number of hydrogen-bond donors (Lipinski definition) is 1. The molecule has 1 aliphatic heterocycles. The van der Waals surface area contributed by atoms with Crippen LogP contribution in [0.2, 0.25) is 0 Å². The van der Waals surface area contributed by atoms with Crippen molar-refractivity contribution in [2.75, 3.05) is 19.1 Å². The van der Waals surface area contributed by atoms with Crippen molar-refractivity contribution < 1.29 is 19.1 Å². The monoisotopic (exact) mass is 416 g/mol. The zero-order chi connectivity index (χ0) is 21.8. The molecule has 3 aromatic carbocycles. The van der Waals surface area contributed by atoms with Gasteiger partial charge in [0.15, 0.2) is 11.5 Å². The Morgan fingerprint density at radius 3 is 2.55 bits per heavy atom. The molecule has 0 radical (unpaired) electrons. The predicted octanol–water partition coefficient (Wildman–Crippen LogP) is 3.72. The highest BCUT2D eigenvalue weighted by Gasteiger charge is 2.28. The van der Waals surface area contributed by atoms with Gasteiger partial charge >= 0.3 is 0 Å². The number of nitrogens with zero attached hydrogens (tertiary/aromatic N) is 1. The molecular formula is C25H24N2O4. The number of benzene rings is 3. The van der Waals surface area contributed by atoms with Crippen LogP contribution in [0.3, 0.4) is 0 Å². The number of fused-ring (bicyclic) bond motifs is 1. The van der Waals surface area contributed by atoms with Crippen LogP contribution in [0.1, 0.15) is 27.0 Å². The van der Waals surface area contributed by atoms with Crippen molar-refractivity contribution in [1.29, 1.82) is 0 Å². The fraction of sp³-hybridized carbons (Fsp3) is 0.200. The Morgan fingerprint density at radius 1 is 1.00 bits per heavy atom. The van der Waals surface area contributed by atoms with Crippen LogP contribution in [0.4, 0.5) is 5.69 Å². The Kier molecular flexibility index (Phi) is 5.89. The Hall–Kier alpha value is -3.80. The fourth-order valence-electron chi connectivity index (χ4n) is 3.83. The van der Waals surface area contributed by atoms with Gasteiger partial charge in [-0.15, -0.1) is 0 Å². The molecule has 6 nitrogen and oxygen atoms in total. The maximum Gasteiger partial charge on any atom is 0.251 e. The Balaban J connectivity index is 1.48. The third kappa shape index (κ3) is 4.23. The lowest BCUT2D eigenvalue weighted by atomic mass is 10.1. The number of rotatable bonds is 7. The van der Waals surface area contributed by atoms with Gasteiger partial charge in [-0.2, -0.15) is 0 Å². The number of para-hydroxylation sites is 1. The molecule has 0 saturated carbocycles. The first-order chi connectivity index (χ1) is 15.1. The van der Waals surface area contributed by atoms with Crippen molar-refractivity contribution in [3.63, 3.8) is 0 Å². The predicted molar refractivity (Wildman–Crippen MR) is 118 cm³/mol. The molecule has 0 aromatic heterocycles. The van der Waals surface area contributed by atoms with Crippen LogP contribution in [0, 0.1) is 0 Å². The molecule has 1 aliphatic rings. The third-order valence-electron chi connectivity index (χ3n) is 5.38. The zero-order valence-electron chi connectivity index (χ0n) is 17.6. The second kappa shape index (κ2) is 8.92. The van der Waals surface area contributed by atoms with Gasteiger partial charge in [0.1, 0.15) is 0 Å². The van der Waals surface area contributed by atoms with E-state index in [9.17, 15) is 9.59 Å². The van der Waals surface area contributed by atoms with Crippen molar-refractivity contribution in [1.82, 2.24) is 5.32 Å². The van der Waals surface area contributed by atoms with E-state index in [-0.39, 0.29) is 11.8 Å². The summed E-state index contributed by atoms with van der Waals surface area (Å²) in [6.07, 6.45) is 0.299. The standard InChI is InChI=1S/C25H24N2O4/c1-30-22-10-6-9-19(24(22)31-2)15-26-25(29)18-11-12-21-20(13-18)14-23(28)27(21)16-17-7-4-3-5-8-17/h3-13H,14-16H2,1-2H3,(H,26,29). The van der Waals surface area contributed by atoms with Gasteiger partial charge in [0.25, 0.3) is 5.91 Å². The number of carbonyl (C=O) groups excluding carboxylic acids is 2. The summed E-state index contributed by atoms with van der Waals surface area (Å²) in [4.78, 5) is 27.1. The maximum atomic E-state index is 12.7. The Labute approximate surface area is 181 Å². The number of hydrogen-bond acceptors (Lipinski definition) is 4. The Bertz CT molecular complexity index is 1110. The minimum Gasteiger partial charge on any atom is -0.493 e. The van der Waals surface area contributed by atoms with Crippen LogP contribution < -0.4 is 19.7 Å². The normalized spacial score (nSPS) is 12.5. The van der Waals surface area contributed by atoms with Crippen LogP contribution in [-0.4, -0.2) is 26.0 Å². The summed E-state index contributed by atoms with van der Waals surface area (Å²) in [7, 11) is 3.15. The molecule has 0 fully saturated rings. The molecule has 6 heteroatoms. The molecule has 0 aliphatic carbocycles. The molecule has 3 aromatic rings. The topological polar surface area (TPSA) is 67.9 Å². The van der Waals surface area contributed by atoms with Crippen molar-refractivity contribution in [3.05, 3.63) is 89.0 Å². The molecule has 0 spiro atoms. The van der Waals surface area contributed by atoms with E-state index < -0.39 is 0 Å². The number of nitrogens with one attached hydrogen (secondary N) is 1. The summed E-state index contributed by atoms with van der Waals surface area (Å²) >= 11 is 0. The molecule has 4 rings (SSSR count). The number of carbonyl (C=O) groups is 2. The highest BCUT2D eigenvalue weighted by atomic mass is 16.5. The highest BCUT2D eigenvalue weighted by molar-refractivity contribution is 6.03. The number of ether oxygens (including phenoxy) is 2. The van der Waals surface area contributed by atoms with Gasteiger partial charge in [-0.3, -0.25) is 9.59 Å². The fourth-order valence-corrected chi connectivity index (χ4v) is 3.83. The van der Waals surface area contributed by atoms with E-state index in [2.05, 4.69) is 5.32 Å². The number of anilines is 1. The molecule has 1 N–H and O–H groups in total. The summed E-state index contributed by atoms with van der Waals surface area (Å²) in [5.41, 5.74) is 4.14. The minimum absolute atomic E-state index is 0.0394. The van der Waals surface area contributed by atoms with Gasteiger partial charge in [0, 0.05) is 23.4 Å². The SMILES string of the molecule is COc1cccc(CNC(=O)c2ccc3c(c2)CC(=O)N3Cc2ccccc2)c1OC. The van der Waals surface area contributed by atoms with Crippen LogP contribution >= 0.6 is 0 Å². The van der Waals surface area contributed by atoms with Crippen LogP contribution in [0.25, 0.3) is 0 Å². The van der Waals surface area contributed by atoms with E-state index in [1.54, 1.807) is 31.3 Å². The van der Waals surface area contributed by atoms with E-state index >= 15 is 0 Å².